The lowest BCUT2D eigenvalue weighted by molar-refractivity contribution is -0.149. The summed E-state index contributed by atoms with van der Waals surface area (Å²) in [5.74, 6) is 2.25. The van der Waals surface area contributed by atoms with Crippen LogP contribution in [0.1, 0.15) is 37.0 Å². The number of piperidine rings is 1. The Kier molecular flexibility index (Phi) is 7.21. The molecule has 1 aromatic heterocycles. The average Bonchev–Trinajstić information content (AvgIpc) is 3.07. The summed E-state index contributed by atoms with van der Waals surface area (Å²) < 4.78 is 7.20. The Bertz CT molecular complexity index is 833. The third kappa shape index (κ3) is 5.56. The number of benzene rings is 1. The molecule has 0 spiro atoms. The zero-order chi connectivity index (χ0) is 20.6. The number of carbonyl (C=O) groups excluding carboxylic acids is 1. The largest absolute Gasteiger partial charge is 0.466 e. The summed E-state index contributed by atoms with van der Waals surface area (Å²) in [7, 11) is 1.95. The summed E-state index contributed by atoms with van der Waals surface area (Å²) in [5, 5.41) is 11.8. The van der Waals surface area contributed by atoms with Gasteiger partial charge in [-0.25, -0.2) is 4.99 Å². The lowest BCUT2D eigenvalue weighted by Crippen LogP contribution is -2.48. The minimum atomic E-state index is -0.122. The number of nitrogens with zero attached hydrogens (tertiary/aromatic N) is 5. The van der Waals surface area contributed by atoms with Gasteiger partial charge in [-0.2, -0.15) is 0 Å². The first-order chi connectivity index (χ1) is 14.1. The highest BCUT2D eigenvalue weighted by Gasteiger charge is 2.28. The van der Waals surface area contributed by atoms with E-state index in [4.69, 9.17) is 9.73 Å². The number of carbonyl (C=O) groups is 1. The number of nitrogens with one attached hydrogen (secondary N) is 1. The van der Waals surface area contributed by atoms with Crippen LogP contribution >= 0.6 is 0 Å². The summed E-state index contributed by atoms with van der Waals surface area (Å²) in [5.41, 5.74) is 1.14. The van der Waals surface area contributed by atoms with Crippen molar-refractivity contribution in [1.82, 2.24) is 25.0 Å². The molecule has 1 unspecified atom stereocenters. The summed E-state index contributed by atoms with van der Waals surface area (Å²) in [6, 6.07) is 10.1. The molecule has 1 aliphatic heterocycles. The molecule has 2 heterocycles. The zero-order valence-corrected chi connectivity index (χ0v) is 17.5. The van der Waals surface area contributed by atoms with E-state index >= 15 is 0 Å². The van der Waals surface area contributed by atoms with Gasteiger partial charge >= 0.3 is 5.97 Å². The lowest BCUT2D eigenvalue weighted by Gasteiger charge is -2.34. The van der Waals surface area contributed by atoms with Crippen molar-refractivity contribution >= 4 is 11.9 Å². The number of ether oxygens (including phenoxy) is 1. The molecule has 2 aromatic rings. The van der Waals surface area contributed by atoms with Gasteiger partial charge in [-0.3, -0.25) is 4.79 Å². The van der Waals surface area contributed by atoms with Crippen LogP contribution in [0.5, 0.6) is 0 Å². The first kappa shape index (κ1) is 20.8. The molecule has 1 fully saturated rings. The number of likely N-dealkylation sites (tertiary alicyclic amines) is 1. The van der Waals surface area contributed by atoms with Gasteiger partial charge < -0.3 is 19.5 Å². The summed E-state index contributed by atoms with van der Waals surface area (Å²) in [6.45, 7) is 6.73. The fourth-order valence-electron chi connectivity index (χ4n) is 3.40. The van der Waals surface area contributed by atoms with Crippen molar-refractivity contribution in [3.8, 4) is 0 Å². The number of aliphatic imine (C=N–C) groups is 1. The maximum absolute atomic E-state index is 12.2. The molecule has 0 bridgehead atoms. The van der Waals surface area contributed by atoms with Crippen molar-refractivity contribution in [3.05, 3.63) is 47.5 Å². The van der Waals surface area contributed by atoms with Crippen LogP contribution in [0.4, 0.5) is 0 Å². The van der Waals surface area contributed by atoms with Gasteiger partial charge in [-0.15, -0.1) is 10.2 Å². The van der Waals surface area contributed by atoms with Crippen LogP contribution in [0.25, 0.3) is 0 Å². The van der Waals surface area contributed by atoms with Crippen LogP contribution in [0.2, 0.25) is 0 Å². The third-order valence-corrected chi connectivity index (χ3v) is 5.18. The summed E-state index contributed by atoms with van der Waals surface area (Å²) in [6.07, 6.45) is 1.78. The fourth-order valence-corrected chi connectivity index (χ4v) is 3.40. The first-order valence-corrected chi connectivity index (χ1v) is 10.2. The average molecular weight is 399 g/mol. The first-order valence-electron chi connectivity index (χ1n) is 10.2. The molecule has 0 aliphatic carbocycles. The molecule has 1 saturated heterocycles. The van der Waals surface area contributed by atoms with Gasteiger partial charge in [0.1, 0.15) is 5.82 Å². The third-order valence-electron chi connectivity index (χ3n) is 5.18. The molecule has 29 heavy (non-hydrogen) atoms. The smallest absolute Gasteiger partial charge is 0.310 e. The summed E-state index contributed by atoms with van der Waals surface area (Å²) in [4.78, 5) is 19.2. The van der Waals surface area contributed by atoms with Crippen LogP contribution in [0.3, 0.4) is 0 Å². The zero-order valence-electron chi connectivity index (χ0n) is 17.5. The normalized spacial score (nSPS) is 17.3. The predicted octanol–water partition coefficient (Wildman–Crippen LogP) is 2.04. The van der Waals surface area contributed by atoms with Gasteiger partial charge in [0.2, 0.25) is 0 Å². The summed E-state index contributed by atoms with van der Waals surface area (Å²) >= 11 is 0. The quantitative estimate of drug-likeness (QED) is 0.455. The van der Waals surface area contributed by atoms with E-state index in [2.05, 4.69) is 32.5 Å². The van der Waals surface area contributed by atoms with Crippen LogP contribution in [-0.4, -0.2) is 51.3 Å². The molecule has 0 amide bonds. The predicted molar refractivity (Wildman–Crippen MR) is 111 cm³/mol. The van der Waals surface area contributed by atoms with Crippen LogP contribution in [-0.2, 0) is 29.7 Å². The Hall–Kier alpha value is -2.90. The molecule has 0 saturated carbocycles. The van der Waals surface area contributed by atoms with Crippen molar-refractivity contribution < 1.29 is 9.53 Å². The maximum atomic E-state index is 12.2. The van der Waals surface area contributed by atoms with E-state index in [-0.39, 0.29) is 11.9 Å². The van der Waals surface area contributed by atoms with E-state index in [1.54, 1.807) is 0 Å². The number of guanidine groups is 1. The van der Waals surface area contributed by atoms with Gasteiger partial charge in [-0.05, 0) is 32.3 Å². The number of esters is 1. The molecule has 8 nitrogen and oxygen atoms in total. The van der Waals surface area contributed by atoms with Gasteiger partial charge in [0.25, 0.3) is 0 Å². The SMILES string of the molecule is CCOC(=O)C1CCCN(C(=NCc2ccccc2)NCc2nnc(C)n2C)C1. The number of aromatic nitrogens is 3. The highest BCUT2D eigenvalue weighted by molar-refractivity contribution is 5.81. The molecule has 0 radical (unpaired) electrons. The molecular weight excluding hydrogens is 368 g/mol. The number of aryl methyl sites for hydroxylation is 1. The van der Waals surface area contributed by atoms with Crippen molar-refractivity contribution in [1.29, 1.82) is 0 Å². The Morgan fingerprint density at radius 3 is 2.79 bits per heavy atom. The fraction of sp³-hybridized carbons (Fsp3) is 0.524. The van der Waals surface area contributed by atoms with Crippen molar-refractivity contribution in [2.24, 2.45) is 18.0 Å². The maximum Gasteiger partial charge on any atom is 0.310 e. The van der Waals surface area contributed by atoms with E-state index in [1.165, 1.54) is 0 Å². The molecule has 156 valence electrons. The molecule has 1 aromatic carbocycles. The van der Waals surface area contributed by atoms with Crippen molar-refractivity contribution in [2.75, 3.05) is 19.7 Å². The highest BCUT2D eigenvalue weighted by atomic mass is 16.5. The molecule has 1 N–H and O–H groups in total. The number of hydrogen-bond acceptors (Lipinski definition) is 5. The molecule has 3 rings (SSSR count). The van der Waals surface area contributed by atoms with Gasteiger partial charge in [0.15, 0.2) is 11.8 Å². The van der Waals surface area contributed by atoms with Crippen molar-refractivity contribution in [2.45, 2.75) is 39.8 Å². The Morgan fingerprint density at radius 1 is 1.31 bits per heavy atom. The second-order valence-electron chi connectivity index (χ2n) is 7.24. The topological polar surface area (TPSA) is 84.6 Å². The van der Waals surface area contributed by atoms with E-state index in [0.717, 1.165) is 42.6 Å². The Labute approximate surface area is 172 Å². The van der Waals surface area contributed by atoms with Crippen LogP contribution in [0, 0.1) is 12.8 Å². The molecule has 8 heteroatoms. The monoisotopic (exact) mass is 398 g/mol. The second kappa shape index (κ2) is 10.0. The van der Waals surface area contributed by atoms with E-state index in [9.17, 15) is 4.79 Å². The van der Waals surface area contributed by atoms with Gasteiger partial charge in [-0.1, -0.05) is 30.3 Å². The second-order valence-corrected chi connectivity index (χ2v) is 7.24. The van der Waals surface area contributed by atoms with E-state index in [1.807, 2.05) is 43.7 Å². The van der Waals surface area contributed by atoms with Gasteiger partial charge in [0, 0.05) is 20.1 Å². The molecular formula is C21H30N6O2. The number of hydrogen-bond donors (Lipinski definition) is 1. The lowest BCUT2D eigenvalue weighted by atomic mass is 9.98. The number of rotatable bonds is 6. The standard InChI is InChI=1S/C21H30N6O2/c1-4-29-20(28)18-11-8-12-27(15-18)21(22-13-17-9-6-5-7-10-17)23-14-19-25-24-16(2)26(19)3/h5-7,9-10,18H,4,8,11-15H2,1-3H3,(H,22,23). The molecule has 1 aliphatic rings. The van der Waals surface area contributed by atoms with Crippen molar-refractivity contribution in [3.63, 3.8) is 0 Å². The van der Waals surface area contributed by atoms with Crippen LogP contribution in [0.15, 0.2) is 35.3 Å². The van der Waals surface area contributed by atoms with E-state index < -0.39 is 0 Å². The Morgan fingerprint density at radius 2 is 2.10 bits per heavy atom. The van der Waals surface area contributed by atoms with Crippen LogP contribution < -0.4 is 5.32 Å². The minimum Gasteiger partial charge on any atom is -0.466 e. The highest BCUT2D eigenvalue weighted by Crippen LogP contribution is 2.18. The van der Waals surface area contributed by atoms with E-state index in [0.29, 0.717) is 26.2 Å². The molecule has 1 atom stereocenters. The minimum absolute atomic E-state index is 0.121. The Balaban J connectivity index is 1.74. The van der Waals surface area contributed by atoms with Gasteiger partial charge in [0.05, 0.1) is 25.6 Å².